The summed E-state index contributed by atoms with van der Waals surface area (Å²) < 4.78 is 24.5. The molecule has 4 nitrogen and oxygen atoms in total. The number of ether oxygens (including phenoxy) is 2. The molecular weight excluding hydrogens is 331 g/mol. The standard InChI is InChI=1S/C21H21FN2O2/c1-25-20-4-2-3-18(14-24-13-16-9-11-23-12-10-16)21(20)26-15-17-5-7-19(22)8-6-17/h2-12,24H,13-15H2,1H3/p+1. The largest absolute Gasteiger partial charge is 0.493 e. The number of hydrogen-bond donors (Lipinski definition) is 1. The average molecular weight is 353 g/mol. The van der Waals surface area contributed by atoms with Crippen LogP contribution in [0.4, 0.5) is 4.39 Å². The summed E-state index contributed by atoms with van der Waals surface area (Å²) in [5.41, 5.74) is 3.18. The first kappa shape index (κ1) is 17.9. The van der Waals surface area contributed by atoms with Gasteiger partial charge < -0.3 is 14.8 Å². The van der Waals surface area contributed by atoms with Crippen LogP contribution in [-0.2, 0) is 19.7 Å². The van der Waals surface area contributed by atoms with E-state index in [0.29, 0.717) is 12.4 Å². The molecule has 2 N–H and O–H groups in total. The minimum Gasteiger partial charge on any atom is -0.493 e. The zero-order chi connectivity index (χ0) is 18.2. The first-order valence-corrected chi connectivity index (χ1v) is 8.50. The Labute approximate surface area is 152 Å². The van der Waals surface area contributed by atoms with Crippen molar-refractivity contribution in [2.24, 2.45) is 0 Å². The Morgan fingerprint density at radius 3 is 2.42 bits per heavy atom. The minimum atomic E-state index is -0.252. The van der Waals surface area contributed by atoms with Crippen molar-refractivity contribution in [1.82, 2.24) is 4.98 Å². The van der Waals surface area contributed by atoms with Crippen LogP contribution in [0.1, 0.15) is 16.7 Å². The molecule has 0 amide bonds. The number of methoxy groups -OCH3 is 1. The van der Waals surface area contributed by atoms with E-state index in [9.17, 15) is 4.39 Å². The Morgan fingerprint density at radius 2 is 1.69 bits per heavy atom. The van der Waals surface area contributed by atoms with Crippen molar-refractivity contribution in [1.29, 1.82) is 0 Å². The first-order chi connectivity index (χ1) is 12.8. The normalized spacial score (nSPS) is 10.5. The van der Waals surface area contributed by atoms with Crippen LogP contribution in [0.3, 0.4) is 0 Å². The van der Waals surface area contributed by atoms with Crippen molar-refractivity contribution in [2.45, 2.75) is 19.7 Å². The van der Waals surface area contributed by atoms with Crippen molar-refractivity contribution < 1.29 is 19.2 Å². The van der Waals surface area contributed by atoms with E-state index < -0.39 is 0 Å². The van der Waals surface area contributed by atoms with Crippen molar-refractivity contribution in [2.75, 3.05) is 7.11 Å². The molecule has 0 spiro atoms. The van der Waals surface area contributed by atoms with Crippen molar-refractivity contribution >= 4 is 0 Å². The highest BCUT2D eigenvalue weighted by Crippen LogP contribution is 2.31. The summed E-state index contributed by atoms with van der Waals surface area (Å²) in [7, 11) is 1.63. The second kappa shape index (κ2) is 8.97. The molecule has 0 fully saturated rings. The monoisotopic (exact) mass is 353 g/mol. The lowest BCUT2D eigenvalue weighted by atomic mass is 10.1. The summed E-state index contributed by atoms with van der Waals surface area (Å²) in [6, 6.07) is 16.2. The molecule has 0 bridgehead atoms. The van der Waals surface area contributed by atoms with Gasteiger partial charge in [0.15, 0.2) is 11.5 Å². The third-order valence-electron chi connectivity index (χ3n) is 4.07. The van der Waals surface area contributed by atoms with Gasteiger partial charge in [-0.25, -0.2) is 4.39 Å². The number of halogens is 1. The second-order valence-corrected chi connectivity index (χ2v) is 5.92. The Kier molecular flexibility index (Phi) is 6.17. The fraction of sp³-hybridized carbons (Fsp3) is 0.190. The van der Waals surface area contributed by atoms with E-state index in [0.717, 1.165) is 30.0 Å². The summed E-state index contributed by atoms with van der Waals surface area (Å²) in [5, 5.41) is 2.20. The predicted octanol–water partition coefficient (Wildman–Crippen LogP) is 3.07. The van der Waals surface area contributed by atoms with Crippen LogP contribution in [0.25, 0.3) is 0 Å². The summed E-state index contributed by atoms with van der Waals surface area (Å²) in [6.45, 7) is 1.98. The van der Waals surface area contributed by atoms with Gasteiger partial charge in [0.2, 0.25) is 0 Å². The molecule has 1 aromatic heterocycles. The van der Waals surface area contributed by atoms with Gasteiger partial charge in [-0.1, -0.05) is 18.2 Å². The first-order valence-electron chi connectivity index (χ1n) is 8.50. The van der Waals surface area contributed by atoms with Crippen molar-refractivity contribution in [3.05, 3.63) is 89.5 Å². The number of hydrogen-bond acceptors (Lipinski definition) is 3. The zero-order valence-electron chi connectivity index (χ0n) is 14.7. The molecule has 0 aliphatic heterocycles. The summed E-state index contributed by atoms with van der Waals surface area (Å²) in [6.07, 6.45) is 3.60. The van der Waals surface area contributed by atoms with Gasteiger partial charge in [-0.15, -0.1) is 0 Å². The van der Waals surface area contributed by atoms with Gasteiger partial charge in [-0.2, -0.15) is 0 Å². The maximum absolute atomic E-state index is 13.0. The molecule has 0 atom stereocenters. The quantitative estimate of drug-likeness (QED) is 0.677. The maximum Gasteiger partial charge on any atom is 0.170 e. The third kappa shape index (κ3) is 4.80. The van der Waals surface area contributed by atoms with Gasteiger partial charge in [0.05, 0.1) is 12.7 Å². The molecule has 5 heteroatoms. The number of nitrogens with zero attached hydrogens (tertiary/aromatic N) is 1. The van der Waals surface area contributed by atoms with Crippen LogP contribution < -0.4 is 14.8 Å². The number of para-hydroxylation sites is 1. The summed E-state index contributed by atoms with van der Waals surface area (Å²) in [4.78, 5) is 4.03. The van der Waals surface area contributed by atoms with Crippen LogP contribution in [0.2, 0.25) is 0 Å². The van der Waals surface area contributed by atoms with Gasteiger partial charge in [0.1, 0.15) is 25.5 Å². The topological polar surface area (TPSA) is 48.0 Å². The number of nitrogens with two attached hydrogens (primary N) is 1. The molecule has 3 aromatic rings. The number of pyridine rings is 1. The van der Waals surface area contributed by atoms with E-state index in [1.165, 1.54) is 17.7 Å². The molecule has 0 saturated carbocycles. The van der Waals surface area contributed by atoms with Crippen molar-refractivity contribution in [3.63, 3.8) is 0 Å². The fourth-order valence-corrected chi connectivity index (χ4v) is 2.70. The lowest BCUT2D eigenvalue weighted by Crippen LogP contribution is -2.80. The van der Waals surface area contributed by atoms with E-state index >= 15 is 0 Å². The number of benzene rings is 2. The van der Waals surface area contributed by atoms with E-state index in [1.807, 2.05) is 30.3 Å². The van der Waals surface area contributed by atoms with Crippen LogP contribution in [0, 0.1) is 5.82 Å². The number of quaternary nitrogens is 1. The molecule has 0 radical (unpaired) electrons. The Balaban J connectivity index is 1.67. The molecule has 0 unspecified atom stereocenters. The van der Waals surface area contributed by atoms with Crippen LogP contribution in [0.5, 0.6) is 11.5 Å². The number of aromatic nitrogens is 1. The molecule has 3 rings (SSSR count). The highest BCUT2D eigenvalue weighted by atomic mass is 19.1. The average Bonchev–Trinajstić information content (AvgIpc) is 2.69. The lowest BCUT2D eigenvalue weighted by molar-refractivity contribution is -0.686. The molecule has 134 valence electrons. The molecular formula is C21H22FN2O2+. The Morgan fingerprint density at radius 1 is 0.923 bits per heavy atom. The molecule has 26 heavy (non-hydrogen) atoms. The van der Waals surface area contributed by atoms with Gasteiger partial charge in [0, 0.05) is 18.0 Å². The predicted molar refractivity (Wildman–Crippen MR) is 97.3 cm³/mol. The number of rotatable bonds is 8. The minimum absolute atomic E-state index is 0.252. The highest BCUT2D eigenvalue weighted by Gasteiger charge is 2.12. The summed E-state index contributed by atoms with van der Waals surface area (Å²) >= 11 is 0. The van der Waals surface area contributed by atoms with Crippen molar-refractivity contribution in [3.8, 4) is 11.5 Å². The van der Waals surface area contributed by atoms with Gasteiger partial charge in [0.25, 0.3) is 0 Å². The molecule has 0 aliphatic carbocycles. The zero-order valence-corrected chi connectivity index (χ0v) is 14.7. The Hall–Kier alpha value is -2.92. The third-order valence-corrected chi connectivity index (χ3v) is 4.07. The maximum atomic E-state index is 13.0. The molecule has 0 saturated heterocycles. The molecule has 0 aliphatic rings. The van der Waals surface area contributed by atoms with E-state index in [1.54, 1.807) is 31.6 Å². The fourth-order valence-electron chi connectivity index (χ4n) is 2.70. The SMILES string of the molecule is COc1cccc(C[NH2+]Cc2ccncc2)c1OCc1ccc(F)cc1. The van der Waals surface area contributed by atoms with Crippen LogP contribution in [0.15, 0.2) is 67.0 Å². The summed E-state index contributed by atoms with van der Waals surface area (Å²) in [5.74, 6) is 1.17. The smallest absolute Gasteiger partial charge is 0.170 e. The van der Waals surface area contributed by atoms with Gasteiger partial charge in [-0.05, 0) is 42.0 Å². The van der Waals surface area contributed by atoms with E-state index in [4.69, 9.17) is 9.47 Å². The van der Waals surface area contributed by atoms with Crippen LogP contribution in [-0.4, -0.2) is 12.1 Å². The van der Waals surface area contributed by atoms with Crippen LogP contribution >= 0.6 is 0 Å². The van der Waals surface area contributed by atoms with E-state index in [-0.39, 0.29) is 5.82 Å². The second-order valence-electron chi connectivity index (χ2n) is 5.92. The highest BCUT2D eigenvalue weighted by molar-refractivity contribution is 5.46. The van der Waals surface area contributed by atoms with Gasteiger partial charge in [-0.3, -0.25) is 4.98 Å². The molecule has 2 aromatic carbocycles. The Bertz CT molecular complexity index is 823. The van der Waals surface area contributed by atoms with Gasteiger partial charge >= 0.3 is 0 Å². The van der Waals surface area contributed by atoms with E-state index in [2.05, 4.69) is 10.3 Å². The molecule has 1 heterocycles. The lowest BCUT2D eigenvalue weighted by Gasteiger charge is -2.14.